The summed E-state index contributed by atoms with van der Waals surface area (Å²) in [5.74, 6) is 0.540. The number of ether oxygens (including phenoxy) is 1. The number of rotatable bonds is 6. The summed E-state index contributed by atoms with van der Waals surface area (Å²) in [6.07, 6.45) is -0.0424. The Labute approximate surface area is 177 Å². The van der Waals surface area contributed by atoms with Gasteiger partial charge in [-0.15, -0.1) is 0 Å². The van der Waals surface area contributed by atoms with Crippen LogP contribution in [0.25, 0.3) is 11.2 Å². The molecule has 0 aliphatic carbocycles. The molecule has 3 aromatic rings. The average Bonchev–Trinajstić information content (AvgIpc) is 3.29. The standard InChI is InChI=1S/C17H16BrN5O5S/c18-17-20-14-13(19-8-22(14)16-12(25)5-11(6-24)28-16)15(21-17)29-7-9-1-3-10(4-2-9)23(26)27/h1-4,8,11-12,16,24-25H,5-7H2/t11-,12+,16+/m0/s1. The monoisotopic (exact) mass is 481 g/mol. The highest BCUT2D eigenvalue weighted by Crippen LogP contribution is 2.34. The first kappa shape index (κ1) is 20.2. The first-order valence-electron chi connectivity index (χ1n) is 8.67. The molecule has 3 heterocycles. The molecule has 1 saturated heterocycles. The van der Waals surface area contributed by atoms with Crippen molar-refractivity contribution in [3.8, 4) is 0 Å². The normalized spacial score (nSPS) is 21.7. The highest BCUT2D eigenvalue weighted by atomic mass is 79.9. The molecular formula is C17H16BrN5O5S. The lowest BCUT2D eigenvalue weighted by atomic mass is 10.2. The van der Waals surface area contributed by atoms with Crippen LogP contribution in [0.2, 0.25) is 0 Å². The maximum absolute atomic E-state index is 10.8. The molecule has 2 N–H and O–H groups in total. The van der Waals surface area contributed by atoms with E-state index < -0.39 is 23.4 Å². The van der Waals surface area contributed by atoms with Crippen molar-refractivity contribution in [3.05, 3.63) is 51.0 Å². The zero-order valence-corrected chi connectivity index (χ0v) is 17.3. The van der Waals surface area contributed by atoms with Gasteiger partial charge in [-0.3, -0.25) is 14.7 Å². The topological polar surface area (TPSA) is 136 Å². The number of nitro benzene ring substituents is 1. The van der Waals surface area contributed by atoms with Crippen LogP contribution in [0.4, 0.5) is 5.69 Å². The van der Waals surface area contributed by atoms with E-state index in [4.69, 9.17) is 4.74 Å². The number of hydrogen-bond donors (Lipinski definition) is 2. The number of non-ortho nitro benzene ring substituents is 1. The van der Waals surface area contributed by atoms with Gasteiger partial charge in [0, 0.05) is 24.3 Å². The molecule has 1 aliphatic rings. The lowest BCUT2D eigenvalue weighted by Crippen LogP contribution is -2.19. The number of aliphatic hydroxyl groups is 2. The van der Waals surface area contributed by atoms with Gasteiger partial charge in [-0.1, -0.05) is 23.9 Å². The van der Waals surface area contributed by atoms with E-state index in [2.05, 4.69) is 30.9 Å². The zero-order chi connectivity index (χ0) is 20.5. The summed E-state index contributed by atoms with van der Waals surface area (Å²) in [4.78, 5) is 23.5. The number of benzene rings is 1. The summed E-state index contributed by atoms with van der Waals surface area (Å²) < 4.78 is 7.70. The Balaban J connectivity index is 1.59. The first-order valence-corrected chi connectivity index (χ1v) is 10.4. The number of aliphatic hydroxyl groups excluding tert-OH is 2. The second-order valence-electron chi connectivity index (χ2n) is 6.47. The van der Waals surface area contributed by atoms with E-state index in [0.29, 0.717) is 33.1 Å². The van der Waals surface area contributed by atoms with Crippen LogP contribution in [-0.4, -0.2) is 53.5 Å². The molecule has 152 valence electrons. The third-order valence-electron chi connectivity index (χ3n) is 4.53. The average molecular weight is 482 g/mol. The lowest BCUT2D eigenvalue weighted by molar-refractivity contribution is -0.384. The molecule has 1 aromatic carbocycles. The number of nitrogens with zero attached hydrogens (tertiary/aromatic N) is 5. The fourth-order valence-corrected chi connectivity index (χ4v) is 4.51. The van der Waals surface area contributed by atoms with Crippen LogP contribution in [0.5, 0.6) is 0 Å². The van der Waals surface area contributed by atoms with E-state index in [1.165, 1.54) is 30.2 Å². The summed E-state index contributed by atoms with van der Waals surface area (Å²) in [6.45, 7) is -0.171. The van der Waals surface area contributed by atoms with Gasteiger partial charge in [0.25, 0.3) is 5.69 Å². The minimum atomic E-state index is -0.783. The van der Waals surface area contributed by atoms with Gasteiger partial charge in [-0.05, 0) is 21.5 Å². The highest BCUT2D eigenvalue weighted by molar-refractivity contribution is 9.10. The van der Waals surface area contributed by atoms with Crippen molar-refractivity contribution < 1.29 is 19.9 Å². The van der Waals surface area contributed by atoms with Gasteiger partial charge in [-0.25, -0.2) is 15.0 Å². The minimum Gasteiger partial charge on any atom is -0.394 e. The molecule has 1 aliphatic heterocycles. The lowest BCUT2D eigenvalue weighted by Gasteiger charge is -2.16. The summed E-state index contributed by atoms with van der Waals surface area (Å²) in [5, 5.41) is 31.0. The molecule has 0 saturated carbocycles. The van der Waals surface area contributed by atoms with Gasteiger partial charge in [0.2, 0.25) is 0 Å². The largest absolute Gasteiger partial charge is 0.394 e. The van der Waals surface area contributed by atoms with Crippen molar-refractivity contribution in [2.75, 3.05) is 6.61 Å². The van der Waals surface area contributed by atoms with Crippen LogP contribution in [0.15, 0.2) is 40.4 Å². The van der Waals surface area contributed by atoms with E-state index in [1.807, 2.05) is 0 Å². The first-order chi connectivity index (χ1) is 14.0. The third kappa shape index (κ3) is 4.12. The fourth-order valence-electron chi connectivity index (χ4n) is 3.12. The van der Waals surface area contributed by atoms with Crippen molar-refractivity contribution in [3.63, 3.8) is 0 Å². The van der Waals surface area contributed by atoms with Crippen molar-refractivity contribution in [1.82, 2.24) is 19.5 Å². The quantitative estimate of drug-likeness (QED) is 0.178. The van der Waals surface area contributed by atoms with Gasteiger partial charge >= 0.3 is 0 Å². The Kier molecular flexibility index (Phi) is 5.79. The van der Waals surface area contributed by atoms with Crippen LogP contribution in [-0.2, 0) is 10.5 Å². The molecule has 0 spiro atoms. The molecule has 29 heavy (non-hydrogen) atoms. The Morgan fingerprint density at radius 1 is 1.34 bits per heavy atom. The molecule has 12 heteroatoms. The molecule has 1 fully saturated rings. The summed E-state index contributed by atoms with van der Waals surface area (Å²) in [5.41, 5.74) is 2.01. The molecule has 10 nitrogen and oxygen atoms in total. The molecule has 4 rings (SSSR count). The van der Waals surface area contributed by atoms with Crippen LogP contribution >= 0.6 is 27.7 Å². The number of halogens is 1. The summed E-state index contributed by atoms with van der Waals surface area (Å²) >= 11 is 4.73. The molecule has 2 aromatic heterocycles. The number of nitro groups is 1. The van der Waals surface area contributed by atoms with Crippen LogP contribution < -0.4 is 0 Å². The summed E-state index contributed by atoms with van der Waals surface area (Å²) in [6, 6.07) is 6.34. The van der Waals surface area contributed by atoms with Crippen LogP contribution in [0.1, 0.15) is 18.2 Å². The maximum atomic E-state index is 10.8. The molecule has 0 amide bonds. The second-order valence-corrected chi connectivity index (χ2v) is 8.14. The Hall–Kier alpha value is -2.12. The van der Waals surface area contributed by atoms with E-state index >= 15 is 0 Å². The predicted octanol–water partition coefficient (Wildman–Crippen LogP) is 2.43. The molecule has 3 atom stereocenters. The molecular weight excluding hydrogens is 466 g/mol. The van der Waals surface area contributed by atoms with Crippen LogP contribution in [0, 0.1) is 10.1 Å². The number of thioether (sulfide) groups is 1. The van der Waals surface area contributed by atoms with Gasteiger partial charge in [-0.2, -0.15) is 0 Å². The molecule has 0 radical (unpaired) electrons. The SMILES string of the molecule is O=[N+]([O-])c1ccc(CSc2nc(Br)nc3c2ncn3[C@@H]2O[C@H](CO)C[C@H]2O)cc1. The second kappa shape index (κ2) is 8.32. The number of fused-ring (bicyclic) bond motifs is 1. The fraction of sp³-hybridized carbons (Fsp3) is 0.353. The number of imidazole rings is 1. The zero-order valence-electron chi connectivity index (χ0n) is 14.9. The van der Waals surface area contributed by atoms with Gasteiger partial charge < -0.3 is 14.9 Å². The van der Waals surface area contributed by atoms with Gasteiger partial charge in [0.05, 0.1) is 24.0 Å². The molecule has 0 bridgehead atoms. The van der Waals surface area contributed by atoms with Gasteiger partial charge in [0.15, 0.2) is 16.6 Å². The van der Waals surface area contributed by atoms with Crippen LogP contribution in [0.3, 0.4) is 0 Å². The van der Waals surface area contributed by atoms with E-state index in [-0.39, 0.29) is 12.3 Å². The smallest absolute Gasteiger partial charge is 0.269 e. The summed E-state index contributed by atoms with van der Waals surface area (Å²) in [7, 11) is 0. The van der Waals surface area contributed by atoms with Crippen molar-refractivity contribution in [2.45, 2.75) is 35.6 Å². The van der Waals surface area contributed by atoms with Crippen molar-refractivity contribution in [1.29, 1.82) is 0 Å². The Morgan fingerprint density at radius 3 is 2.76 bits per heavy atom. The van der Waals surface area contributed by atoms with Crippen molar-refractivity contribution >= 4 is 44.5 Å². The van der Waals surface area contributed by atoms with E-state index in [1.54, 1.807) is 16.7 Å². The third-order valence-corrected chi connectivity index (χ3v) is 5.92. The number of hydrogen-bond acceptors (Lipinski definition) is 9. The number of aromatic nitrogens is 4. The van der Waals surface area contributed by atoms with E-state index in [9.17, 15) is 20.3 Å². The van der Waals surface area contributed by atoms with E-state index in [0.717, 1.165) is 5.56 Å². The van der Waals surface area contributed by atoms with Gasteiger partial charge in [0.1, 0.15) is 16.6 Å². The van der Waals surface area contributed by atoms with Crippen molar-refractivity contribution in [2.24, 2.45) is 0 Å². The molecule has 0 unspecified atom stereocenters. The Bertz CT molecular complexity index is 1050. The Morgan fingerprint density at radius 2 is 2.10 bits per heavy atom. The maximum Gasteiger partial charge on any atom is 0.269 e. The minimum absolute atomic E-state index is 0.0426. The highest BCUT2D eigenvalue weighted by Gasteiger charge is 2.36. The predicted molar refractivity (Wildman–Crippen MR) is 107 cm³/mol.